The predicted molar refractivity (Wildman–Crippen MR) is 119 cm³/mol. The van der Waals surface area contributed by atoms with Gasteiger partial charge < -0.3 is 37.0 Å². The Hall–Kier alpha value is -3.22. The highest BCUT2D eigenvalue weighted by molar-refractivity contribution is 5.95. The summed E-state index contributed by atoms with van der Waals surface area (Å²) in [6, 6.07) is -5.22. The third kappa shape index (κ3) is 11.6. The standard InChI is InChI=1S/C21H36N4O9/c1-5-11(4)17(20(32)24-14(21(33)34)8-10(2)3)25-19(31)13(6-7-15(26)27)23-18(30)12(22)9-16(28)29/h10-14,17H,5-9,22H2,1-4H3,(H,23,30)(H,24,32)(H,25,31)(H,26,27)(H,28,29)(H,33,34). The zero-order valence-electron chi connectivity index (χ0n) is 19.9. The molecule has 0 saturated heterocycles. The Kier molecular flexibility index (Phi) is 13.4. The molecule has 0 radical (unpaired) electrons. The van der Waals surface area contributed by atoms with Crippen LogP contribution in [0.5, 0.6) is 0 Å². The minimum Gasteiger partial charge on any atom is -0.481 e. The summed E-state index contributed by atoms with van der Waals surface area (Å²) in [5, 5.41) is 34.3. The van der Waals surface area contributed by atoms with Crippen LogP contribution in [0.2, 0.25) is 0 Å². The lowest BCUT2D eigenvalue weighted by Crippen LogP contribution is -2.58. The molecule has 0 aliphatic carbocycles. The number of rotatable bonds is 16. The number of carboxylic acids is 3. The zero-order valence-corrected chi connectivity index (χ0v) is 19.9. The van der Waals surface area contributed by atoms with Gasteiger partial charge in [0.2, 0.25) is 17.7 Å². The van der Waals surface area contributed by atoms with E-state index in [1.807, 2.05) is 0 Å². The van der Waals surface area contributed by atoms with Gasteiger partial charge in [-0.1, -0.05) is 34.1 Å². The minimum atomic E-state index is -1.47. The molecule has 194 valence electrons. The Balaban J connectivity index is 5.63. The number of nitrogens with two attached hydrogens (primary N) is 1. The van der Waals surface area contributed by atoms with Gasteiger partial charge in [-0.15, -0.1) is 0 Å². The topological polar surface area (TPSA) is 225 Å². The fraction of sp³-hybridized carbons (Fsp3) is 0.714. The molecule has 0 aliphatic heterocycles. The van der Waals surface area contributed by atoms with Gasteiger partial charge in [0.15, 0.2) is 0 Å². The lowest BCUT2D eigenvalue weighted by atomic mass is 9.96. The maximum atomic E-state index is 12.9. The van der Waals surface area contributed by atoms with Gasteiger partial charge in [0, 0.05) is 6.42 Å². The molecule has 5 atom stereocenters. The van der Waals surface area contributed by atoms with Gasteiger partial charge in [-0.25, -0.2) is 4.79 Å². The quantitative estimate of drug-likeness (QED) is 0.144. The van der Waals surface area contributed by atoms with Crippen molar-refractivity contribution in [3.63, 3.8) is 0 Å². The van der Waals surface area contributed by atoms with E-state index in [4.69, 9.17) is 15.9 Å². The summed E-state index contributed by atoms with van der Waals surface area (Å²) < 4.78 is 0. The predicted octanol–water partition coefficient (Wildman–Crippen LogP) is -0.716. The van der Waals surface area contributed by atoms with Crippen LogP contribution in [0.25, 0.3) is 0 Å². The van der Waals surface area contributed by atoms with Crippen LogP contribution in [0.1, 0.15) is 59.8 Å². The van der Waals surface area contributed by atoms with Crippen LogP contribution < -0.4 is 21.7 Å². The van der Waals surface area contributed by atoms with Crippen molar-refractivity contribution in [1.82, 2.24) is 16.0 Å². The van der Waals surface area contributed by atoms with Crippen LogP contribution in [-0.2, 0) is 28.8 Å². The van der Waals surface area contributed by atoms with Crippen molar-refractivity contribution in [3.05, 3.63) is 0 Å². The van der Waals surface area contributed by atoms with Crippen LogP contribution in [0.15, 0.2) is 0 Å². The normalized spacial score (nSPS) is 15.4. The first-order chi connectivity index (χ1) is 15.7. The van der Waals surface area contributed by atoms with Crippen molar-refractivity contribution in [2.45, 2.75) is 84.0 Å². The summed E-state index contributed by atoms with van der Waals surface area (Å²) in [7, 11) is 0. The molecule has 8 N–H and O–H groups in total. The van der Waals surface area contributed by atoms with E-state index in [2.05, 4.69) is 16.0 Å². The molecular formula is C21H36N4O9. The average Bonchev–Trinajstić information content (AvgIpc) is 2.72. The van der Waals surface area contributed by atoms with E-state index in [1.165, 1.54) is 0 Å². The molecule has 0 saturated carbocycles. The Morgan fingerprint density at radius 1 is 0.794 bits per heavy atom. The molecule has 0 aliphatic rings. The maximum absolute atomic E-state index is 12.9. The summed E-state index contributed by atoms with van der Waals surface area (Å²) in [5.41, 5.74) is 5.50. The van der Waals surface area contributed by atoms with Gasteiger partial charge in [-0.05, 0) is 24.7 Å². The van der Waals surface area contributed by atoms with Crippen LogP contribution in [0.4, 0.5) is 0 Å². The molecule has 0 aromatic carbocycles. The summed E-state index contributed by atoms with van der Waals surface area (Å²) in [6.07, 6.45) is -0.935. The van der Waals surface area contributed by atoms with Crippen molar-refractivity contribution >= 4 is 35.6 Å². The number of aliphatic carboxylic acids is 3. The fourth-order valence-electron chi connectivity index (χ4n) is 3.01. The third-order valence-corrected chi connectivity index (χ3v) is 5.13. The first-order valence-electron chi connectivity index (χ1n) is 11.0. The van der Waals surface area contributed by atoms with E-state index >= 15 is 0 Å². The van der Waals surface area contributed by atoms with E-state index in [0.717, 1.165) is 0 Å². The first-order valence-corrected chi connectivity index (χ1v) is 11.0. The smallest absolute Gasteiger partial charge is 0.326 e. The summed E-state index contributed by atoms with van der Waals surface area (Å²) in [4.78, 5) is 71.2. The number of hydrogen-bond acceptors (Lipinski definition) is 7. The third-order valence-electron chi connectivity index (χ3n) is 5.13. The van der Waals surface area contributed by atoms with Gasteiger partial charge in [-0.2, -0.15) is 0 Å². The molecule has 0 spiro atoms. The highest BCUT2D eigenvalue weighted by Gasteiger charge is 2.33. The second-order valence-electron chi connectivity index (χ2n) is 8.60. The van der Waals surface area contributed by atoms with Crippen molar-refractivity contribution in [1.29, 1.82) is 0 Å². The second kappa shape index (κ2) is 14.8. The molecule has 5 unspecified atom stereocenters. The van der Waals surface area contributed by atoms with Gasteiger partial charge in [0.1, 0.15) is 18.1 Å². The van der Waals surface area contributed by atoms with E-state index in [-0.39, 0.29) is 18.8 Å². The highest BCUT2D eigenvalue weighted by atomic mass is 16.4. The van der Waals surface area contributed by atoms with E-state index in [0.29, 0.717) is 6.42 Å². The molecule has 0 heterocycles. The van der Waals surface area contributed by atoms with Crippen LogP contribution in [-0.4, -0.2) is 75.1 Å². The van der Waals surface area contributed by atoms with Crippen molar-refractivity contribution in [2.75, 3.05) is 0 Å². The summed E-state index contributed by atoms with van der Waals surface area (Å²) in [5.74, 6) is -6.84. The van der Waals surface area contributed by atoms with Crippen LogP contribution >= 0.6 is 0 Å². The molecule has 13 nitrogen and oxygen atoms in total. The monoisotopic (exact) mass is 488 g/mol. The van der Waals surface area contributed by atoms with E-state index < -0.39 is 78.6 Å². The van der Waals surface area contributed by atoms with Gasteiger partial charge in [-0.3, -0.25) is 24.0 Å². The lowest BCUT2D eigenvalue weighted by molar-refractivity contribution is -0.143. The number of carbonyl (C=O) groups is 6. The Labute approximate surface area is 197 Å². The minimum absolute atomic E-state index is 0.0244. The Morgan fingerprint density at radius 2 is 1.35 bits per heavy atom. The molecule has 13 heteroatoms. The molecule has 0 fully saturated rings. The number of amides is 3. The molecule has 0 bridgehead atoms. The summed E-state index contributed by atoms with van der Waals surface area (Å²) >= 11 is 0. The average molecular weight is 489 g/mol. The van der Waals surface area contributed by atoms with E-state index in [1.54, 1.807) is 27.7 Å². The highest BCUT2D eigenvalue weighted by Crippen LogP contribution is 2.12. The van der Waals surface area contributed by atoms with Crippen LogP contribution in [0, 0.1) is 11.8 Å². The first kappa shape index (κ1) is 30.8. The van der Waals surface area contributed by atoms with Crippen molar-refractivity contribution < 1.29 is 44.1 Å². The molecular weight excluding hydrogens is 452 g/mol. The number of nitrogens with one attached hydrogen (secondary N) is 3. The van der Waals surface area contributed by atoms with Crippen molar-refractivity contribution in [2.24, 2.45) is 17.6 Å². The molecule has 0 aromatic rings. The molecule has 34 heavy (non-hydrogen) atoms. The Bertz CT molecular complexity index is 757. The fourth-order valence-corrected chi connectivity index (χ4v) is 3.01. The number of carboxylic acid groups (broad SMARTS) is 3. The van der Waals surface area contributed by atoms with E-state index in [9.17, 15) is 33.9 Å². The largest absolute Gasteiger partial charge is 0.481 e. The lowest BCUT2D eigenvalue weighted by Gasteiger charge is -2.28. The van der Waals surface area contributed by atoms with Gasteiger partial charge in [0.05, 0.1) is 12.5 Å². The number of carbonyl (C=O) groups excluding carboxylic acids is 3. The maximum Gasteiger partial charge on any atom is 0.326 e. The Morgan fingerprint density at radius 3 is 1.79 bits per heavy atom. The zero-order chi connectivity index (χ0) is 26.6. The second-order valence-corrected chi connectivity index (χ2v) is 8.60. The van der Waals surface area contributed by atoms with Gasteiger partial charge >= 0.3 is 17.9 Å². The number of hydrogen-bond donors (Lipinski definition) is 7. The summed E-state index contributed by atoms with van der Waals surface area (Å²) in [6.45, 7) is 7.01. The molecule has 0 rings (SSSR count). The van der Waals surface area contributed by atoms with Crippen LogP contribution in [0.3, 0.4) is 0 Å². The van der Waals surface area contributed by atoms with Gasteiger partial charge in [0.25, 0.3) is 0 Å². The SMILES string of the molecule is CCC(C)C(NC(=O)C(CCC(=O)O)NC(=O)C(N)CC(=O)O)C(=O)NC(CC(C)C)C(=O)O. The molecule has 0 aromatic heterocycles. The molecule has 3 amide bonds. The van der Waals surface area contributed by atoms with Crippen molar-refractivity contribution in [3.8, 4) is 0 Å².